The van der Waals surface area contributed by atoms with Crippen LogP contribution in [0.2, 0.25) is 10.6 Å². The second-order valence-electron chi connectivity index (χ2n) is 7.47. The van der Waals surface area contributed by atoms with Crippen LogP contribution in [-0.4, -0.2) is 33.3 Å². The summed E-state index contributed by atoms with van der Waals surface area (Å²) in [5, 5.41) is 2.12. The molecule has 1 fully saturated rings. The topological polar surface area (TPSA) is 27.7 Å². The van der Waals surface area contributed by atoms with E-state index < -0.39 is 0 Å². The van der Waals surface area contributed by atoms with E-state index in [1.165, 1.54) is 16.7 Å². The van der Waals surface area contributed by atoms with Gasteiger partial charge in [-0.2, -0.15) is 0 Å². The Morgan fingerprint density at radius 2 is 0.900 bits per heavy atom. The van der Waals surface area contributed by atoms with Gasteiger partial charge in [-0.1, -0.05) is 0 Å². The molecule has 3 aromatic rings. The second kappa shape index (κ2) is 11.5. The van der Waals surface area contributed by atoms with Crippen molar-refractivity contribution in [1.29, 1.82) is 0 Å². The Morgan fingerprint density at radius 3 is 1.30 bits per heavy atom. The summed E-state index contributed by atoms with van der Waals surface area (Å²) in [4.78, 5) is 0. The first-order chi connectivity index (χ1) is 14.9. The van der Waals surface area contributed by atoms with Gasteiger partial charge in [0.25, 0.3) is 0 Å². The SMILES string of the molecule is c1ccc(COC2[C@H](OCc3ccccc3)C[Se]C[C@H]2OCc2ccccc2)cc1. The van der Waals surface area contributed by atoms with Crippen LogP contribution in [0, 0.1) is 0 Å². The van der Waals surface area contributed by atoms with Crippen molar-refractivity contribution in [1.82, 2.24) is 0 Å². The van der Waals surface area contributed by atoms with E-state index in [-0.39, 0.29) is 18.3 Å². The average molecular weight is 467 g/mol. The van der Waals surface area contributed by atoms with E-state index in [0.717, 1.165) is 10.6 Å². The van der Waals surface area contributed by atoms with Crippen molar-refractivity contribution in [2.45, 2.75) is 48.8 Å². The second-order valence-corrected chi connectivity index (χ2v) is 9.72. The molecule has 1 aliphatic heterocycles. The molecule has 0 N–H and O–H groups in total. The van der Waals surface area contributed by atoms with Gasteiger partial charge < -0.3 is 0 Å². The van der Waals surface area contributed by atoms with E-state index in [4.69, 9.17) is 14.2 Å². The molecular weight excluding hydrogens is 439 g/mol. The quantitative estimate of drug-likeness (QED) is 0.400. The zero-order valence-electron chi connectivity index (χ0n) is 17.1. The van der Waals surface area contributed by atoms with Crippen LogP contribution in [0.5, 0.6) is 0 Å². The van der Waals surface area contributed by atoms with E-state index in [1.807, 2.05) is 18.2 Å². The van der Waals surface area contributed by atoms with Gasteiger partial charge in [0.2, 0.25) is 0 Å². The molecule has 1 aliphatic rings. The minimum absolute atomic E-state index is 0.0587. The van der Waals surface area contributed by atoms with Crippen LogP contribution in [0.3, 0.4) is 0 Å². The van der Waals surface area contributed by atoms with Gasteiger partial charge in [0, 0.05) is 0 Å². The zero-order chi connectivity index (χ0) is 20.4. The van der Waals surface area contributed by atoms with Gasteiger partial charge in [-0.3, -0.25) is 0 Å². The molecule has 1 saturated heterocycles. The van der Waals surface area contributed by atoms with Crippen molar-refractivity contribution < 1.29 is 14.2 Å². The summed E-state index contributed by atoms with van der Waals surface area (Å²) in [5.41, 5.74) is 3.57. The third kappa shape index (κ3) is 6.28. The van der Waals surface area contributed by atoms with E-state index in [2.05, 4.69) is 72.8 Å². The molecule has 156 valence electrons. The van der Waals surface area contributed by atoms with Crippen molar-refractivity contribution in [2.24, 2.45) is 0 Å². The van der Waals surface area contributed by atoms with Crippen LogP contribution in [0.15, 0.2) is 91.0 Å². The van der Waals surface area contributed by atoms with Crippen LogP contribution >= 0.6 is 0 Å². The molecule has 0 radical (unpaired) electrons. The first kappa shape index (κ1) is 21.3. The molecular formula is C26H28O3Se. The zero-order valence-corrected chi connectivity index (χ0v) is 18.8. The third-order valence-electron chi connectivity index (χ3n) is 5.20. The van der Waals surface area contributed by atoms with Gasteiger partial charge in [-0.15, -0.1) is 0 Å². The van der Waals surface area contributed by atoms with Gasteiger partial charge in [0.05, 0.1) is 0 Å². The normalized spacial score (nSPS) is 19.6. The first-order valence-corrected chi connectivity index (χ1v) is 12.8. The summed E-state index contributed by atoms with van der Waals surface area (Å²) in [5.74, 6) is 0. The van der Waals surface area contributed by atoms with E-state index >= 15 is 0 Å². The molecule has 4 rings (SSSR count). The Bertz CT molecular complexity index is 806. The van der Waals surface area contributed by atoms with Crippen molar-refractivity contribution in [3.05, 3.63) is 108 Å². The van der Waals surface area contributed by atoms with Crippen LogP contribution in [-0.2, 0) is 34.0 Å². The third-order valence-corrected chi connectivity index (χ3v) is 7.56. The van der Waals surface area contributed by atoms with Crippen molar-refractivity contribution in [3.63, 3.8) is 0 Å². The Hall–Kier alpha value is -1.94. The summed E-state index contributed by atoms with van der Waals surface area (Å²) in [7, 11) is 0. The molecule has 3 nitrogen and oxygen atoms in total. The van der Waals surface area contributed by atoms with Crippen molar-refractivity contribution in [3.8, 4) is 0 Å². The van der Waals surface area contributed by atoms with E-state index in [0.29, 0.717) is 34.8 Å². The first-order valence-electron chi connectivity index (χ1n) is 10.4. The minimum atomic E-state index is -0.0618. The van der Waals surface area contributed by atoms with Crippen LogP contribution < -0.4 is 0 Å². The number of hydrogen-bond donors (Lipinski definition) is 0. The molecule has 2 atom stereocenters. The molecule has 0 aliphatic carbocycles. The van der Waals surface area contributed by atoms with Crippen LogP contribution in [0.1, 0.15) is 16.7 Å². The van der Waals surface area contributed by atoms with Crippen LogP contribution in [0.4, 0.5) is 0 Å². The fraction of sp³-hybridized carbons (Fsp3) is 0.308. The van der Waals surface area contributed by atoms with Gasteiger partial charge in [-0.25, -0.2) is 0 Å². The number of hydrogen-bond acceptors (Lipinski definition) is 3. The summed E-state index contributed by atoms with van der Waals surface area (Å²) < 4.78 is 19.2. The Kier molecular flexibility index (Phi) is 8.13. The molecule has 0 amide bonds. The number of benzene rings is 3. The maximum atomic E-state index is 6.43. The van der Waals surface area contributed by atoms with Gasteiger partial charge >= 0.3 is 186 Å². The Morgan fingerprint density at radius 1 is 0.533 bits per heavy atom. The summed E-state index contributed by atoms with van der Waals surface area (Å²) in [6.07, 6.45) is 0.0557. The van der Waals surface area contributed by atoms with E-state index in [9.17, 15) is 0 Å². The molecule has 30 heavy (non-hydrogen) atoms. The van der Waals surface area contributed by atoms with Crippen molar-refractivity contribution in [2.75, 3.05) is 0 Å². The molecule has 4 heteroatoms. The molecule has 1 heterocycles. The average Bonchev–Trinajstić information content (AvgIpc) is 2.82. The molecule has 0 aromatic heterocycles. The Labute approximate surface area is 185 Å². The number of ether oxygens (including phenoxy) is 3. The molecule has 0 spiro atoms. The molecule has 0 bridgehead atoms. The van der Waals surface area contributed by atoms with Crippen LogP contribution in [0.25, 0.3) is 0 Å². The maximum absolute atomic E-state index is 6.43. The Balaban J connectivity index is 1.42. The number of rotatable bonds is 9. The van der Waals surface area contributed by atoms with Gasteiger partial charge in [0.1, 0.15) is 0 Å². The van der Waals surface area contributed by atoms with Crippen molar-refractivity contribution >= 4 is 15.0 Å². The fourth-order valence-corrected chi connectivity index (χ4v) is 6.01. The molecule has 0 unspecified atom stereocenters. The fourth-order valence-electron chi connectivity index (χ4n) is 3.55. The van der Waals surface area contributed by atoms with E-state index in [1.54, 1.807) is 0 Å². The molecule has 0 saturated carbocycles. The monoisotopic (exact) mass is 468 g/mol. The summed E-state index contributed by atoms with van der Waals surface area (Å²) >= 11 is 0.495. The summed E-state index contributed by atoms with van der Waals surface area (Å²) in [6, 6.07) is 31.1. The van der Waals surface area contributed by atoms with Gasteiger partial charge in [0.15, 0.2) is 0 Å². The molecule has 3 aromatic carbocycles. The standard InChI is InChI=1S/C26H28O3Se/c1-4-10-21(11-5-1)16-27-24-19-30-20-25(28-17-22-12-6-2-7-13-22)26(24)29-18-23-14-8-3-9-15-23/h1-15,24-26H,16-20H2/t24-,25-/m1/s1. The predicted molar refractivity (Wildman–Crippen MR) is 120 cm³/mol. The summed E-state index contributed by atoms with van der Waals surface area (Å²) in [6.45, 7) is 1.80. The predicted octanol–water partition coefficient (Wildman–Crippen LogP) is 5.30. The van der Waals surface area contributed by atoms with Gasteiger partial charge in [-0.05, 0) is 0 Å².